The predicted molar refractivity (Wildman–Crippen MR) is 68.8 cm³/mol. The summed E-state index contributed by atoms with van der Waals surface area (Å²) in [5, 5.41) is -2.24. The van der Waals surface area contributed by atoms with Crippen LogP contribution >= 0.6 is 0 Å². The Kier molecular flexibility index (Phi) is 4.49. The van der Waals surface area contributed by atoms with Gasteiger partial charge in [0.2, 0.25) is 5.60 Å². The van der Waals surface area contributed by atoms with Crippen LogP contribution in [0.4, 0.5) is 0 Å². The minimum absolute atomic E-state index is 0.216. The molecule has 0 spiro atoms. The monoisotopic (exact) mass is 342 g/mol. The molecule has 0 unspecified atom stereocenters. The largest absolute Gasteiger partial charge is 0.463 e. The summed E-state index contributed by atoms with van der Waals surface area (Å²) in [6.45, 7) is 1.17. The average molecular weight is 342 g/mol. The van der Waals surface area contributed by atoms with Crippen molar-refractivity contribution in [3.8, 4) is 0 Å². The fourth-order valence-corrected chi connectivity index (χ4v) is 4.72. The van der Waals surface area contributed by atoms with Gasteiger partial charge < -0.3 is 9.47 Å². The molecule has 1 fully saturated rings. The number of ketones is 1. The standard InChI is InChI=1S/C10H14O9S2/c1-4-18-9(13)10(5-20(2,14)15)7(21(3,16)17)6(11)8(12)19-10/h7H,4-5H2,1-3H3/t7-,10-/m1/s1. The molecule has 0 aromatic heterocycles. The number of ether oxygens (including phenoxy) is 2. The highest BCUT2D eigenvalue weighted by Crippen LogP contribution is 2.33. The number of sulfone groups is 2. The van der Waals surface area contributed by atoms with Gasteiger partial charge in [0, 0.05) is 12.5 Å². The van der Waals surface area contributed by atoms with E-state index < -0.39 is 54.0 Å². The van der Waals surface area contributed by atoms with Crippen molar-refractivity contribution in [1.82, 2.24) is 0 Å². The van der Waals surface area contributed by atoms with Crippen LogP contribution in [0.1, 0.15) is 6.92 Å². The van der Waals surface area contributed by atoms with Gasteiger partial charge in [-0.1, -0.05) is 0 Å². The van der Waals surface area contributed by atoms with Crippen LogP contribution in [-0.4, -0.2) is 70.3 Å². The van der Waals surface area contributed by atoms with E-state index in [1.807, 2.05) is 0 Å². The zero-order valence-corrected chi connectivity index (χ0v) is 13.1. The van der Waals surface area contributed by atoms with E-state index in [0.29, 0.717) is 12.5 Å². The Labute approximate surface area is 121 Å². The van der Waals surface area contributed by atoms with E-state index in [2.05, 4.69) is 9.47 Å². The summed E-state index contributed by atoms with van der Waals surface area (Å²) in [7, 11) is -8.25. The first-order chi connectivity index (χ1) is 9.35. The maximum absolute atomic E-state index is 12.0. The van der Waals surface area contributed by atoms with Gasteiger partial charge in [0.1, 0.15) is 5.75 Å². The molecule has 2 atom stereocenters. The molecule has 1 aliphatic heterocycles. The van der Waals surface area contributed by atoms with Gasteiger partial charge in [0.15, 0.2) is 24.9 Å². The lowest BCUT2D eigenvalue weighted by Crippen LogP contribution is -2.57. The van der Waals surface area contributed by atoms with E-state index in [9.17, 15) is 31.2 Å². The van der Waals surface area contributed by atoms with Gasteiger partial charge in [0.05, 0.1) is 6.61 Å². The molecule has 1 saturated heterocycles. The van der Waals surface area contributed by atoms with Crippen molar-refractivity contribution >= 4 is 37.4 Å². The highest BCUT2D eigenvalue weighted by atomic mass is 32.2. The average Bonchev–Trinajstić information content (AvgIpc) is 2.48. The maximum atomic E-state index is 12.0. The lowest BCUT2D eigenvalue weighted by molar-refractivity contribution is -0.171. The van der Waals surface area contributed by atoms with Crippen molar-refractivity contribution < 1.29 is 40.7 Å². The van der Waals surface area contributed by atoms with Crippen LogP contribution in [0.2, 0.25) is 0 Å². The molecular formula is C10H14O9S2. The number of esters is 2. The number of hydrogen-bond acceptors (Lipinski definition) is 9. The predicted octanol–water partition coefficient (Wildman–Crippen LogP) is -2.13. The van der Waals surface area contributed by atoms with Crippen molar-refractivity contribution in [2.45, 2.75) is 17.8 Å². The first-order valence-corrected chi connectivity index (χ1v) is 9.67. The molecule has 1 aliphatic rings. The van der Waals surface area contributed by atoms with Gasteiger partial charge in [0.25, 0.3) is 5.78 Å². The van der Waals surface area contributed by atoms with Gasteiger partial charge in [-0.25, -0.2) is 26.4 Å². The van der Waals surface area contributed by atoms with Crippen LogP contribution in [0.5, 0.6) is 0 Å². The number of carbonyl (C=O) groups is 3. The third-order valence-electron chi connectivity index (χ3n) is 2.66. The van der Waals surface area contributed by atoms with Crippen molar-refractivity contribution in [1.29, 1.82) is 0 Å². The Hall–Kier alpha value is -1.49. The highest BCUT2D eigenvalue weighted by Gasteiger charge is 2.67. The molecule has 0 N–H and O–H groups in total. The van der Waals surface area contributed by atoms with Crippen LogP contribution in [0, 0.1) is 0 Å². The van der Waals surface area contributed by atoms with Crippen LogP contribution in [0.25, 0.3) is 0 Å². The lowest BCUT2D eigenvalue weighted by atomic mass is 10.0. The van der Waals surface area contributed by atoms with Gasteiger partial charge in [-0.15, -0.1) is 0 Å². The lowest BCUT2D eigenvalue weighted by Gasteiger charge is -2.27. The molecule has 0 saturated carbocycles. The van der Waals surface area contributed by atoms with Gasteiger partial charge in [-0.05, 0) is 6.92 Å². The Balaban J connectivity index is 3.58. The molecule has 1 rings (SSSR count). The van der Waals surface area contributed by atoms with Crippen molar-refractivity contribution in [2.75, 3.05) is 24.9 Å². The number of rotatable bonds is 5. The zero-order chi connectivity index (χ0) is 16.6. The SMILES string of the molecule is CCOC(=O)[C@]1(CS(C)(=O)=O)OC(=O)C(=O)[C@H]1S(C)(=O)=O. The smallest absolute Gasteiger partial charge is 0.377 e. The molecule has 21 heavy (non-hydrogen) atoms. The topological polar surface area (TPSA) is 138 Å². The van der Waals surface area contributed by atoms with Crippen LogP contribution in [0.15, 0.2) is 0 Å². The van der Waals surface area contributed by atoms with Gasteiger partial charge in [-0.2, -0.15) is 0 Å². The van der Waals surface area contributed by atoms with E-state index in [0.717, 1.165) is 0 Å². The number of cyclic esters (lactones) is 1. The zero-order valence-electron chi connectivity index (χ0n) is 11.5. The molecule has 0 aromatic carbocycles. The van der Waals surface area contributed by atoms with E-state index in [1.165, 1.54) is 6.92 Å². The third-order valence-corrected chi connectivity index (χ3v) is 5.07. The first-order valence-electron chi connectivity index (χ1n) is 5.66. The van der Waals surface area contributed by atoms with E-state index in [-0.39, 0.29) is 6.61 Å². The molecule has 0 radical (unpaired) electrons. The first kappa shape index (κ1) is 17.6. The fourth-order valence-electron chi connectivity index (χ4n) is 2.08. The summed E-state index contributed by atoms with van der Waals surface area (Å²) in [4.78, 5) is 35.1. The molecule has 1 heterocycles. The number of Topliss-reactive ketones (excluding diaryl/α,β-unsaturated/α-hetero) is 1. The third kappa shape index (κ3) is 3.40. The Morgan fingerprint density at radius 2 is 1.76 bits per heavy atom. The second-order valence-corrected chi connectivity index (χ2v) is 8.91. The minimum atomic E-state index is -4.29. The normalized spacial score (nSPS) is 26.5. The fraction of sp³-hybridized carbons (Fsp3) is 0.700. The van der Waals surface area contributed by atoms with E-state index >= 15 is 0 Å². The molecule has 11 heteroatoms. The minimum Gasteiger partial charge on any atom is -0.463 e. The molecule has 0 aliphatic carbocycles. The summed E-state index contributed by atoms with van der Waals surface area (Å²) >= 11 is 0. The van der Waals surface area contributed by atoms with E-state index in [4.69, 9.17) is 0 Å². The van der Waals surface area contributed by atoms with Gasteiger partial charge in [-0.3, -0.25) is 4.79 Å². The Morgan fingerprint density at radius 3 is 2.14 bits per heavy atom. The van der Waals surface area contributed by atoms with E-state index in [1.54, 1.807) is 0 Å². The Morgan fingerprint density at radius 1 is 1.24 bits per heavy atom. The molecule has 120 valence electrons. The molecule has 9 nitrogen and oxygen atoms in total. The molecule has 0 aromatic rings. The van der Waals surface area contributed by atoms with Crippen molar-refractivity contribution in [3.63, 3.8) is 0 Å². The van der Waals surface area contributed by atoms with Crippen molar-refractivity contribution in [3.05, 3.63) is 0 Å². The summed E-state index contributed by atoms with van der Waals surface area (Å²) in [5.74, 6) is -5.62. The van der Waals surface area contributed by atoms with Crippen LogP contribution in [-0.2, 0) is 43.5 Å². The maximum Gasteiger partial charge on any atom is 0.377 e. The Bertz CT molecular complexity index is 688. The quantitative estimate of drug-likeness (QED) is 0.405. The summed E-state index contributed by atoms with van der Waals surface area (Å²) < 4.78 is 55.6. The van der Waals surface area contributed by atoms with Gasteiger partial charge >= 0.3 is 11.9 Å². The summed E-state index contributed by atoms with van der Waals surface area (Å²) in [6, 6.07) is 0. The number of hydrogen-bond donors (Lipinski definition) is 0. The second-order valence-electron chi connectivity index (χ2n) is 4.64. The summed E-state index contributed by atoms with van der Waals surface area (Å²) in [6.07, 6.45) is 1.32. The summed E-state index contributed by atoms with van der Waals surface area (Å²) in [5.41, 5.74) is -2.70. The molecule has 0 amide bonds. The second kappa shape index (κ2) is 5.37. The highest BCUT2D eigenvalue weighted by molar-refractivity contribution is 7.93. The van der Waals surface area contributed by atoms with Crippen molar-refractivity contribution in [2.24, 2.45) is 0 Å². The van der Waals surface area contributed by atoms with Crippen LogP contribution in [0.3, 0.4) is 0 Å². The number of carbonyl (C=O) groups excluding carboxylic acids is 3. The molecular weight excluding hydrogens is 328 g/mol. The molecule has 0 bridgehead atoms. The van der Waals surface area contributed by atoms with Crippen LogP contribution < -0.4 is 0 Å².